The SMILES string of the molecule is CCCC[C@H](N)CNC(=O)[C@H](Cc1ccc(O)cc1)N[C@@H](CCc1ccncc1)CC(C)C. The van der Waals surface area contributed by atoms with Gasteiger partial charge >= 0.3 is 0 Å². The predicted molar refractivity (Wildman–Crippen MR) is 135 cm³/mol. The number of benzene rings is 1. The third-order valence-corrected chi connectivity index (χ3v) is 5.88. The number of aromatic hydroxyl groups is 1. The van der Waals surface area contributed by atoms with Crippen LogP contribution in [0.2, 0.25) is 0 Å². The van der Waals surface area contributed by atoms with Crippen LogP contribution in [0, 0.1) is 5.92 Å². The Morgan fingerprint density at radius 2 is 1.76 bits per heavy atom. The molecule has 0 aliphatic rings. The maximum atomic E-state index is 13.2. The second-order valence-electron chi connectivity index (χ2n) is 9.46. The zero-order valence-electron chi connectivity index (χ0n) is 20.5. The van der Waals surface area contributed by atoms with Crippen LogP contribution in [0.4, 0.5) is 0 Å². The molecule has 1 amide bonds. The number of unbranched alkanes of at least 4 members (excludes halogenated alkanes) is 1. The molecule has 1 heterocycles. The lowest BCUT2D eigenvalue weighted by atomic mass is 9.95. The van der Waals surface area contributed by atoms with Gasteiger partial charge in [-0.15, -0.1) is 0 Å². The molecule has 0 saturated heterocycles. The van der Waals surface area contributed by atoms with Crippen molar-refractivity contribution in [1.82, 2.24) is 15.6 Å². The predicted octanol–water partition coefficient (Wildman–Crippen LogP) is 3.97. The van der Waals surface area contributed by atoms with Crippen LogP contribution in [0.15, 0.2) is 48.8 Å². The van der Waals surface area contributed by atoms with Gasteiger partial charge in [0.2, 0.25) is 5.91 Å². The van der Waals surface area contributed by atoms with Gasteiger partial charge in [-0.1, -0.05) is 45.7 Å². The number of aromatic nitrogens is 1. The molecule has 33 heavy (non-hydrogen) atoms. The van der Waals surface area contributed by atoms with E-state index < -0.39 is 0 Å². The highest BCUT2D eigenvalue weighted by atomic mass is 16.3. The average Bonchev–Trinajstić information content (AvgIpc) is 2.80. The summed E-state index contributed by atoms with van der Waals surface area (Å²) in [6, 6.07) is 11.0. The van der Waals surface area contributed by atoms with Gasteiger partial charge in [0.15, 0.2) is 0 Å². The summed E-state index contributed by atoms with van der Waals surface area (Å²) in [5.41, 5.74) is 8.45. The van der Waals surface area contributed by atoms with Gasteiger partial charge in [0, 0.05) is 31.0 Å². The molecule has 0 spiro atoms. The highest BCUT2D eigenvalue weighted by Gasteiger charge is 2.23. The Balaban J connectivity index is 2.08. The zero-order chi connectivity index (χ0) is 24.1. The fourth-order valence-electron chi connectivity index (χ4n) is 4.03. The summed E-state index contributed by atoms with van der Waals surface area (Å²) in [4.78, 5) is 17.3. The zero-order valence-corrected chi connectivity index (χ0v) is 20.5. The van der Waals surface area contributed by atoms with E-state index in [0.29, 0.717) is 18.9 Å². The molecule has 1 aromatic heterocycles. The molecular weight excluding hydrogens is 412 g/mol. The van der Waals surface area contributed by atoms with Gasteiger partial charge in [0.1, 0.15) is 5.75 Å². The topological polar surface area (TPSA) is 100 Å². The highest BCUT2D eigenvalue weighted by Crippen LogP contribution is 2.16. The molecule has 182 valence electrons. The fraction of sp³-hybridized carbons (Fsp3) is 0.556. The molecule has 3 atom stereocenters. The van der Waals surface area contributed by atoms with E-state index in [-0.39, 0.29) is 29.8 Å². The molecule has 0 unspecified atom stereocenters. The average molecular weight is 455 g/mol. The summed E-state index contributed by atoms with van der Waals surface area (Å²) in [5, 5.41) is 16.4. The Kier molecular flexibility index (Phi) is 11.9. The van der Waals surface area contributed by atoms with Crippen LogP contribution in [0.1, 0.15) is 64.0 Å². The minimum atomic E-state index is -0.367. The van der Waals surface area contributed by atoms with E-state index in [0.717, 1.165) is 44.1 Å². The maximum Gasteiger partial charge on any atom is 0.237 e. The van der Waals surface area contributed by atoms with Crippen molar-refractivity contribution in [2.45, 2.75) is 83.8 Å². The van der Waals surface area contributed by atoms with Gasteiger partial charge in [-0.3, -0.25) is 9.78 Å². The first-order valence-electron chi connectivity index (χ1n) is 12.3. The molecule has 6 heteroatoms. The minimum Gasteiger partial charge on any atom is -0.508 e. The van der Waals surface area contributed by atoms with Crippen molar-refractivity contribution in [2.75, 3.05) is 6.54 Å². The van der Waals surface area contributed by atoms with Crippen LogP contribution in [0.3, 0.4) is 0 Å². The van der Waals surface area contributed by atoms with Crippen molar-refractivity contribution in [1.29, 1.82) is 0 Å². The van der Waals surface area contributed by atoms with Crippen molar-refractivity contribution >= 4 is 5.91 Å². The lowest BCUT2D eigenvalue weighted by Crippen LogP contribution is -2.51. The number of pyridine rings is 1. The number of hydrogen-bond donors (Lipinski definition) is 4. The van der Waals surface area contributed by atoms with Crippen LogP contribution < -0.4 is 16.4 Å². The van der Waals surface area contributed by atoms with Gasteiger partial charge in [-0.05, 0) is 73.4 Å². The molecule has 6 nitrogen and oxygen atoms in total. The van der Waals surface area contributed by atoms with Crippen LogP contribution >= 0.6 is 0 Å². The quantitative estimate of drug-likeness (QED) is 0.326. The summed E-state index contributed by atoms with van der Waals surface area (Å²) >= 11 is 0. The highest BCUT2D eigenvalue weighted by molar-refractivity contribution is 5.82. The molecule has 0 fully saturated rings. The second-order valence-corrected chi connectivity index (χ2v) is 9.46. The molecule has 0 aliphatic carbocycles. The van der Waals surface area contributed by atoms with E-state index >= 15 is 0 Å². The van der Waals surface area contributed by atoms with Crippen LogP contribution in [0.25, 0.3) is 0 Å². The van der Waals surface area contributed by atoms with E-state index in [9.17, 15) is 9.90 Å². The number of nitrogens with zero attached hydrogens (tertiary/aromatic N) is 1. The smallest absolute Gasteiger partial charge is 0.237 e. The molecule has 2 aromatic rings. The lowest BCUT2D eigenvalue weighted by Gasteiger charge is -2.27. The number of carbonyl (C=O) groups excluding carboxylic acids is 1. The van der Waals surface area contributed by atoms with E-state index in [1.54, 1.807) is 12.1 Å². The molecule has 0 saturated carbocycles. The van der Waals surface area contributed by atoms with E-state index in [1.807, 2.05) is 36.7 Å². The Hall–Kier alpha value is -2.44. The maximum absolute atomic E-state index is 13.2. The number of phenols is 1. The van der Waals surface area contributed by atoms with Crippen molar-refractivity contribution in [2.24, 2.45) is 11.7 Å². The molecule has 2 rings (SSSR count). The first kappa shape index (κ1) is 26.8. The number of hydrogen-bond acceptors (Lipinski definition) is 5. The number of phenolic OH excluding ortho intramolecular Hbond substituents is 1. The standard InChI is InChI=1S/C27H42N4O2/c1-4-5-6-23(28)19-30-27(33)26(18-22-8-11-25(32)12-9-22)31-24(17-20(2)3)10-7-21-13-15-29-16-14-21/h8-9,11-16,20,23-24,26,31-32H,4-7,10,17-19,28H2,1-3H3,(H,30,33)/t23-,24-,26-/m0/s1. The van der Waals surface area contributed by atoms with Crippen molar-refractivity contribution < 1.29 is 9.90 Å². The molecule has 0 bridgehead atoms. The van der Waals surface area contributed by atoms with Crippen LogP contribution in [-0.2, 0) is 17.6 Å². The molecule has 1 aromatic carbocycles. The Labute approximate surface area is 199 Å². The molecule has 0 radical (unpaired) electrons. The summed E-state index contributed by atoms with van der Waals surface area (Å²) < 4.78 is 0. The number of nitrogens with one attached hydrogen (secondary N) is 2. The summed E-state index contributed by atoms with van der Waals surface area (Å²) in [6.45, 7) is 7.05. The van der Waals surface area contributed by atoms with Crippen LogP contribution in [0.5, 0.6) is 5.75 Å². The van der Waals surface area contributed by atoms with Crippen molar-refractivity contribution in [3.8, 4) is 5.75 Å². The van der Waals surface area contributed by atoms with E-state index in [2.05, 4.69) is 36.4 Å². The minimum absolute atomic E-state index is 0.0207. The largest absolute Gasteiger partial charge is 0.508 e. The van der Waals surface area contributed by atoms with Gasteiger partial charge in [0.05, 0.1) is 6.04 Å². The van der Waals surface area contributed by atoms with Gasteiger partial charge in [-0.2, -0.15) is 0 Å². The first-order chi connectivity index (χ1) is 15.9. The molecular formula is C27H42N4O2. The summed E-state index contributed by atoms with van der Waals surface area (Å²) in [5.74, 6) is 0.720. The lowest BCUT2D eigenvalue weighted by molar-refractivity contribution is -0.123. The fourth-order valence-corrected chi connectivity index (χ4v) is 4.03. The number of rotatable bonds is 15. The number of aryl methyl sites for hydroxylation is 1. The van der Waals surface area contributed by atoms with Crippen molar-refractivity contribution in [3.63, 3.8) is 0 Å². The monoisotopic (exact) mass is 454 g/mol. The first-order valence-corrected chi connectivity index (χ1v) is 12.3. The summed E-state index contributed by atoms with van der Waals surface area (Å²) in [7, 11) is 0. The Bertz CT molecular complexity index is 796. The molecule has 5 N–H and O–H groups in total. The Morgan fingerprint density at radius 3 is 2.39 bits per heavy atom. The third-order valence-electron chi connectivity index (χ3n) is 5.88. The second kappa shape index (κ2) is 14.7. The van der Waals surface area contributed by atoms with E-state index in [4.69, 9.17) is 5.73 Å². The number of nitrogens with two attached hydrogens (primary N) is 1. The van der Waals surface area contributed by atoms with Gasteiger partial charge in [-0.25, -0.2) is 0 Å². The molecule has 0 aliphatic heterocycles. The third kappa shape index (κ3) is 10.8. The van der Waals surface area contributed by atoms with E-state index in [1.165, 1.54) is 5.56 Å². The van der Waals surface area contributed by atoms with Gasteiger partial charge < -0.3 is 21.5 Å². The Morgan fingerprint density at radius 1 is 1.06 bits per heavy atom. The number of carbonyl (C=O) groups is 1. The number of amides is 1. The van der Waals surface area contributed by atoms with Crippen molar-refractivity contribution in [3.05, 3.63) is 59.9 Å². The van der Waals surface area contributed by atoms with Crippen LogP contribution in [-0.4, -0.2) is 40.7 Å². The van der Waals surface area contributed by atoms with Gasteiger partial charge in [0.25, 0.3) is 0 Å². The normalized spacial score (nSPS) is 14.1. The summed E-state index contributed by atoms with van der Waals surface area (Å²) in [6.07, 6.45) is 10.1.